The van der Waals surface area contributed by atoms with Crippen LogP contribution in [0.25, 0.3) is 10.8 Å². The van der Waals surface area contributed by atoms with Gasteiger partial charge >= 0.3 is 0 Å². The molecule has 0 spiro atoms. The summed E-state index contributed by atoms with van der Waals surface area (Å²) in [4.78, 5) is 14.5. The Kier molecular flexibility index (Phi) is 3.23. The summed E-state index contributed by atoms with van der Waals surface area (Å²) in [6.07, 6.45) is 3.51. The molecule has 0 atom stereocenters. The lowest BCUT2D eigenvalue weighted by molar-refractivity contribution is -0.385. The number of nitro groups is 1. The van der Waals surface area contributed by atoms with Crippen LogP contribution in [0.4, 0.5) is 5.69 Å². The van der Waals surface area contributed by atoms with Crippen molar-refractivity contribution in [2.75, 3.05) is 0 Å². The van der Waals surface area contributed by atoms with Crippen LogP contribution in [-0.2, 0) is 0 Å². The van der Waals surface area contributed by atoms with Crippen molar-refractivity contribution in [3.63, 3.8) is 0 Å². The smallest absolute Gasteiger partial charge is 0.272 e. The van der Waals surface area contributed by atoms with Crippen molar-refractivity contribution in [1.82, 2.24) is 4.98 Å². The highest BCUT2D eigenvalue weighted by Gasteiger charge is 2.11. The van der Waals surface area contributed by atoms with Crippen molar-refractivity contribution < 1.29 is 9.66 Å². The van der Waals surface area contributed by atoms with Gasteiger partial charge in [-0.1, -0.05) is 6.07 Å². The summed E-state index contributed by atoms with van der Waals surface area (Å²) in [6.45, 7) is 1.69. The fourth-order valence-corrected chi connectivity index (χ4v) is 2.16. The highest BCUT2D eigenvalue weighted by atomic mass is 16.6. The van der Waals surface area contributed by atoms with Crippen molar-refractivity contribution in [3.05, 3.63) is 70.5 Å². The molecule has 0 aliphatic carbocycles. The van der Waals surface area contributed by atoms with Crippen molar-refractivity contribution >= 4 is 16.5 Å². The fourth-order valence-electron chi connectivity index (χ4n) is 2.16. The van der Waals surface area contributed by atoms with E-state index in [1.54, 1.807) is 31.5 Å². The average Bonchev–Trinajstić information content (AvgIpc) is 2.47. The molecule has 1 aromatic heterocycles. The van der Waals surface area contributed by atoms with Gasteiger partial charge in [0.15, 0.2) is 0 Å². The molecule has 3 aromatic rings. The Labute approximate surface area is 121 Å². The first kappa shape index (κ1) is 13.1. The molecule has 1 heterocycles. The number of ether oxygens (including phenoxy) is 1. The SMILES string of the molecule is Cc1cc(Oc2ccc3ccncc3c2)ccc1[N+](=O)[O-]. The third-order valence-corrected chi connectivity index (χ3v) is 3.21. The topological polar surface area (TPSA) is 65.3 Å². The van der Waals surface area contributed by atoms with E-state index in [2.05, 4.69) is 4.98 Å². The number of hydrogen-bond acceptors (Lipinski definition) is 4. The number of nitro benzene ring substituents is 1. The molecule has 5 heteroatoms. The molecule has 0 N–H and O–H groups in total. The largest absolute Gasteiger partial charge is 0.457 e. The maximum absolute atomic E-state index is 10.8. The third-order valence-electron chi connectivity index (χ3n) is 3.21. The van der Waals surface area contributed by atoms with Gasteiger partial charge in [0.2, 0.25) is 0 Å². The predicted molar refractivity (Wildman–Crippen MR) is 79.7 cm³/mol. The molecular formula is C16H12N2O3. The molecule has 0 amide bonds. The Hall–Kier alpha value is -2.95. The van der Waals surface area contributed by atoms with Crippen molar-refractivity contribution in [2.45, 2.75) is 6.92 Å². The molecule has 2 aromatic carbocycles. The van der Waals surface area contributed by atoms with Crippen LogP contribution in [0.5, 0.6) is 11.5 Å². The van der Waals surface area contributed by atoms with Gasteiger partial charge in [-0.2, -0.15) is 0 Å². The fraction of sp³-hybridized carbons (Fsp3) is 0.0625. The summed E-state index contributed by atoms with van der Waals surface area (Å²) >= 11 is 0. The average molecular weight is 280 g/mol. The van der Waals surface area contributed by atoms with Crippen LogP contribution < -0.4 is 4.74 Å². The minimum atomic E-state index is -0.402. The number of aromatic nitrogens is 1. The zero-order chi connectivity index (χ0) is 14.8. The highest BCUT2D eigenvalue weighted by Crippen LogP contribution is 2.28. The summed E-state index contributed by atoms with van der Waals surface area (Å²) in [5, 5.41) is 12.9. The monoisotopic (exact) mass is 280 g/mol. The zero-order valence-corrected chi connectivity index (χ0v) is 11.3. The van der Waals surface area contributed by atoms with Crippen LogP contribution >= 0.6 is 0 Å². The van der Waals surface area contributed by atoms with E-state index >= 15 is 0 Å². The Morgan fingerprint density at radius 1 is 1.05 bits per heavy atom. The molecule has 5 nitrogen and oxygen atoms in total. The van der Waals surface area contributed by atoms with Gasteiger partial charge in [0, 0.05) is 29.4 Å². The van der Waals surface area contributed by atoms with Gasteiger partial charge in [-0.3, -0.25) is 15.1 Å². The number of pyridine rings is 1. The second-order valence-corrected chi connectivity index (χ2v) is 4.69. The first-order valence-corrected chi connectivity index (χ1v) is 6.40. The third kappa shape index (κ3) is 2.67. The summed E-state index contributed by atoms with van der Waals surface area (Å²) in [5.41, 5.74) is 0.657. The number of aryl methyl sites for hydroxylation is 1. The molecule has 0 fully saturated rings. The van der Waals surface area contributed by atoms with Crippen molar-refractivity contribution in [3.8, 4) is 11.5 Å². The lowest BCUT2D eigenvalue weighted by Gasteiger charge is -2.07. The van der Waals surface area contributed by atoms with Crippen molar-refractivity contribution in [2.24, 2.45) is 0 Å². The number of rotatable bonds is 3. The molecule has 21 heavy (non-hydrogen) atoms. The summed E-state index contributed by atoms with van der Waals surface area (Å²) < 4.78 is 5.75. The van der Waals surface area contributed by atoms with Gasteiger partial charge in [-0.25, -0.2) is 0 Å². The molecule has 0 bridgehead atoms. The maximum Gasteiger partial charge on any atom is 0.272 e. The zero-order valence-electron chi connectivity index (χ0n) is 11.3. The van der Waals surface area contributed by atoms with Crippen LogP contribution in [0.2, 0.25) is 0 Å². The van der Waals surface area contributed by atoms with Gasteiger partial charge in [0.05, 0.1) is 4.92 Å². The number of nitrogens with zero attached hydrogens (tertiary/aromatic N) is 2. The van der Waals surface area contributed by atoms with Crippen molar-refractivity contribution in [1.29, 1.82) is 0 Å². The van der Waals surface area contributed by atoms with Crippen LogP contribution in [0.15, 0.2) is 54.9 Å². The van der Waals surface area contributed by atoms with E-state index in [1.807, 2.05) is 24.3 Å². The predicted octanol–water partition coefficient (Wildman–Crippen LogP) is 4.24. The molecule has 0 aliphatic rings. The molecular weight excluding hydrogens is 268 g/mol. The summed E-state index contributed by atoms with van der Waals surface area (Å²) in [6, 6.07) is 12.3. The first-order valence-electron chi connectivity index (χ1n) is 6.40. The molecule has 0 saturated heterocycles. The first-order chi connectivity index (χ1) is 10.1. The van der Waals surface area contributed by atoms with Gasteiger partial charge in [0.25, 0.3) is 5.69 Å². The molecule has 0 saturated carbocycles. The van der Waals surface area contributed by atoms with Gasteiger partial charge < -0.3 is 4.74 Å². The minimum absolute atomic E-state index is 0.0880. The second-order valence-electron chi connectivity index (χ2n) is 4.69. The minimum Gasteiger partial charge on any atom is -0.457 e. The quantitative estimate of drug-likeness (QED) is 0.531. The Bertz CT molecular complexity index is 831. The highest BCUT2D eigenvalue weighted by molar-refractivity contribution is 5.82. The number of fused-ring (bicyclic) bond motifs is 1. The second kappa shape index (κ2) is 5.20. The molecule has 0 unspecified atom stereocenters. The van der Waals surface area contributed by atoms with Crippen LogP contribution in [-0.4, -0.2) is 9.91 Å². The van der Waals surface area contributed by atoms with E-state index in [9.17, 15) is 10.1 Å². The molecule has 3 rings (SSSR count). The van der Waals surface area contributed by atoms with Gasteiger partial charge in [-0.15, -0.1) is 0 Å². The normalized spacial score (nSPS) is 10.5. The van der Waals surface area contributed by atoms with Crippen LogP contribution in [0, 0.1) is 17.0 Å². The van der Waals surface area contributed by atoms with E-state index in [0.29, 0.717) is 17.1 Å². The lowest BCUT2D eigenvalue weighted by atomic mass is 10.1. The molecule has 0 aliphatic heterocycles. The van der Waals surface area contributed by atoms with Crippen LogP contribution in [0.1, 0.15) is 5.56 Å². The van der Waals surface area contributed by atoms with E-state index in [-0.39, 0.29) is 5.69 Å². The standard InChI is InChI=1S/C16H12N2O3/c1-11-8-14(4-5-16(11)18(19)20)21-15-3-2-12-6-7-17-10-13(12)9-15/h2-10H,1H3. The molecule has 104 valence electrons. The summed E-state index contributed by atoms with van der Waals surface area (Å²) in [7, 11) is 0. The maximum atomic E-state index is 10.8. The van der Waals surface area contributed by atoms with Crippen LogP contribution in [0.3, 0.4) is 0 Å². The Balaban J connectivity index is 1.91. The van der Waals surface area contributed by atoms with E-state index in [1.165, 1.54) is 6.07 Å². The number of hydrogen-bond donors (Lipinski definition) is 0. The summed E-state index contributed by atoms with van der Waals surface area (Å²) in [5.74, 6) is 1.24. The van der Waals surface area contributed by atoms with E-state index in [4.69, 9.17) is 4.74 Å². The van der Waals surface area contributed by atoms with E-state index < -0.39 is 4.92 Å². The Morgan fingerprint density at radius 2 is 1.81 bits per heavy atom. The van der Waals surface area contributed by atoms with Gasteiger partial charge in [0.1, 0.15) is 11.5 Å². The number of benzene rings is 2. The Morgan fingerprint density at radius 3 is 2.57 bits per heavy atom. The lowest BCUT2D eigenvalue weighted by Crippen LogP contribution is -1.92. The molecule has 0 radical (unpaired) electrons. The van der Waals surface area contributed by atoms with E-state index in [0.717, 1.165) is 10.8 Å². The van der Waals surface area contributed by atoms with Gasteiger partial charge in [-0.05, 0) is 42.6 Å².